The van der Waals surface area contributed by atoms with Gasteiger partial charge in [0.1, 0.15) is 34.2 Å². The number of amides is 2. The molecule has 1 unspecified atom stereocenters. The first-order valence-electron chi connectivity index (χ1n) is 14.5. The smallest absolute Gasteiger partial charge is 0.274 e. The van der Waals surface area contributed by atoms with Crippen molar-refractivity contribution in [2.75, 3.05) is 36.4 Å². The molecule has 2 amide bonds. The third-order valence-electron chi connectivity index (χ3n) is 8.06. The fourth-order valence-corrected chi connectivity index (χ4v) is 6.08. The molecule has 232 valence electrons. The molecule has 0 saturated carbocycles. The number of aromatic nitrogens is 2. The van der Waals surface area contributed by atoms with E-state index in [0.29, 0.717) is 63.5 Å². The number of aliphatic hydroxyl groups excluding tert-OH is 1. The normalized spacial score (nSPS) is 14.5. The minimum absolute atomic E-state index is 0.0149. The molecular formula is C34H33ClN4O6. The number of aromatic amines is 1. The van der Waals surface area contributed by atoms with E-state index < -0.39 is 5.60 Å². The molecule has 0 spiro atoms. The number of carbonyl (C=O) groups is 2. The number of H-pyrrole nitrogens is 1. The number of methoxy groups -OCH3 is 1. The van der Waals surface area contributed by atoms with Crippen molar-refractivity contribution in [1.29, 1.82) is 0 Å². The molecule has 4 N–H and O–H groups in total. The highest BCUT2D eigenvalue weighted by molar-refractivity contribution is 6.19. The van der Waals surface area contributed by atoms with Crippen LogP contribution in [-0.2, 0) is 0 Å². The fraction of sp³-hybridized carbons (Fsp3) is 0.265. The van der Waals surface area contributed by atoms with Crippen LogP contribution in [0, 0.1) is 0 Å². The quantitative estimate of drug-likeness (QED) is 0.143. The standard InChI is InChI=1S/C34H33ClN4O6/c1-34(2,11-12-40)45-23-9-7-19(8-10-23)32(42)37-22-13-20-14-25(38-31(20)36-17-22)33(43)39-18-21(16-35)29-26(39)15-27(41)24-5-4-6-28(44-3)30(24)29/h4-10,13-15,17,21,40-41H,11-12,16,18H2,1-3H3,(H,36,38)(H,37,42). The number of hydrogen-bond acceptors (Lipinski definition) is 7. The first kappa shape index (κ1) is 30.2. The molecule has 1 aliphatic rings. The van der Waals surface area contributed by atoms with Gasteiger partial charge in [0.2, 0.25) is 0 Å². The number of pyridine rings is 1. The van der Waals surface area contributed by atoms with Crippen molar-refractivity contribution in [3.63, 3.8) is 0 Å². The van der Waals surface area contributed by atoms with Crippen LogP contribution in [0.15, 0.2) is 66.9 Å². The van der Waals surface area contributed by atoms with Gasteiger partial charge in [0.15, 0.2) is 0 Å². The van der Waals surface area contributed by atoms with Crippen LogP contribution in [0.2, 0.25) is 0 Å². The number of nitrogens with zero attached hydrogens (tertiary/aromatic N) is 2. The molecule has 3 heterocycles. The highest BCUT2D eigenvalue weighted by Crippen LogP contribution is 2.48. The highest BCUT2D eigenvalue weighted by atomic mass is 35.5. The zero-order valence-corrected chi connectivity index (χ0v) is 25.8. The van der Waals surface area contributed by atoms with E-state index in [-0.39, 0.29) is 36.0 Å². The second-order valence-electron chi connectivity index (χ2n) is 11.6. The number of halogens is 1. The van der Waals surface area contributed by atoms with Crippen LogP contribution in [0.5, 0.6) is 17.2 Å². The number of aliphatic hydroxyl groups is 1. The molecular weight excluding hydrogens is 596 g/mol. The van der Waals surface area contributed by atoms with Crippen LogP contribution < -0.4 is 19.7 Å². The number of nitrogens with one attached hydrogen (secondary N) is 2. The zero-order valence-electron chi connectivity index (χ0n) is 25.1. The van der Waals surface area contributed by atoms with Gasteiger partial charge in [0, 0.05) is 59.2 Å². The Morgan fingerprint density at radius 1 is 1.16 bits per heavy atom. The summed E-state index contributed by atoms with van der Waals surface area (Å²) in [5, 5.41) is 25.0. The van der Waals surface area contributed by atoms with Gasteiger partial charge >= 0.3 is 0 Å². The maximum Gasteiger partial charge on any atom is 0.274 e. The van der Waals surface area contributed by atoms with Crippen molar-refractivity contribution < 1.29 is 29.3 Å². The van der Waals surface area contributed by atoms with Crippen molar-refractivity contribution in [3.05, 3.63) is 83.7 Å². The molecule has 6 rings (SSSR count). The highest BCUT2D eigenvalue weighted by Gasteiger charge is 2.36. The SMILES string of the molecule is COc1cccc2c(O)cc3c(c12)C(CCl)CN3C(=O)c1cc2cc(NC(=O)c3ccc(OC(C)(C)CCO)cc3)cnc2[nH]1. The minimum atomic E-state index is -0.538. The summed E-state index contributed by atoms with van der Waals surface area (Å²) in [7, 11) is 1.57. The fourth-order valence-electron chi connectivity index (χ4n) is 5.83. The van der Waals surface area contributed by atoms with Gasteiger partial charge in [-0.25, -0.2) is 4.98 Å². The van der Waals surface area contributed by atoms with Gasteiger partial charge in [-0.1, -0.05) is 12.1 Å². The first-order valence-corrected chi connectivity index (χ1v) is 15.1. The third kappa shape index (κ3) is 5.74. The second kappa shape index (κ2) is 11.9. The Balaban J connectivity index is 1.23. The van der Waals surface area contributed by atoms with Gasteiger partial charge < -0.3 is 34.9 Å². The lowest BCUT2D eigenvalue weighted by molar-refractivity contribution is 0.0765. The lowest BCUT2D eigenvalue weighted by Gasteiger charge is -2.25. The van der Waals surface area contributed by atoms with E-state index in [1.807, 2.05) is 32.0 Å². The van der Waals surface area contributed by atoms with E-state index in [1.54, 1.807) is 54.5 Å². The predicted octanol–water partition coefficient (Wildman–Crippen LogP) is 6.21. The molecule has 0 radical (unpaired) electrons. The average molecular weight is 629 g/mol. The van der Waals surface area contributed by atoms with Crippen molar-refractivity contribution in [2.45, 2.75) is 31.8 Å². The predicted molar refractivity (Wildman–Crippen MR) is 174 cm³/mol. The number of rotatable bonds is 9. The van der Waals surface area contributed by atoms with Gasteiger partial charge in [-0.05, 0) is 61.9 Å². The summed E-state index contributed by atoms with van der Waals surface area (Å²) >= 11 is 6.39. The van der Waals surface area contributed by atoms with E-state index in [9.17, 15) is 19.8 Å². The third-order valence-corrected chi connectivity index (χ3v) is 8.43. The number of phenols is 1. The first-order chi connectivity index (χ1) is 21.6. The Hall–Kier alpha value is -4.80. The summed E-state index contributed by atoms with van der Waals surface area (Å²) in [5.41, 5.74) is 2.59. The molecule has 45 heavy (non-hydrogen) atoms. The molecule has 0 aliphatic carbocycles. The Morgan fingerprint density at radius 2 is 1.93 bits per heavy atom. The summed E-state index contributed by atoms with van der Waals surface area (Å²) in [6.07, 6.45) is 2.00. The zero-order chi connectivity index (χ0) is 31.9. The molecule has 0 saturated heterocycles. The molecule has 1 atom stereocenters. The Kier molecular flexibility index (Phi) is 8.03. The minimum Gasteiger partial charge on any atom is -0.507 e. The monoisotopic (exact) mass is 628 g/mol. The van der Waals surface area contributed by atoms with Crippen molar-refractivity contribution in [1.82, 2.24) is 9.97 Å². The van der Waals surface area contributed by atoms with Gasteiger partial charge in [0.25, 0.3) is 11.8 Å². The number of phenolic OH excluding ortho intramolecular Hbond substituents is 1. The van der Waals surface area contributed by atoms with Crippen LogP contribution in [-0.4, -0.2) is 63.7 Å². The molecule has 0 bridgehead atoms. The van der Waals surface area contributed by atoms with Crippen molar-refractivity contribution in [3.8, 4) is 17.2 Å². The van der Waals surface area contributed by atoms with E-state index in [1.165, 1.54) is 6.20 Å². The number of alkyl halides is 1. The molecule has 5 aromatic rings. The number of fused-ring (bicyclic) bond motifs is 4. The Labute approximate surface area is 264 Å². The number of hydrogen-bond donors (Lipinski definition) is 4. The van der Waals surface area contributed by atoms with Gasteiger partial charge in [-0.3, -0.25) is 9.59 Å². The topological polar surface area (TPSA) is 137 Å². The summed E-state index contributed by atoms with van der Waals surface area (Å²) in [6.45, 7) is 4.12. The molecule has 11 heteroatoms. The maximum absolute atomic E-state index is 13.9. The van der Waals surface area contributed by atoms with Crippen molar-refractivity contribution >= 4 is 56.6 Å². The molecule has 3 aromatic carbocycles. The van der Waals surface area contributed by atoms with Gasteiger partial charge in [-0.15, -0.1) is 11.6 Å². The van der Waals surface area contributed by atoms with E-state index in [4.69, 9.17) is 21.1 Å². The van der Waals surface area contributed by atoms with Gasteiger partial charge in [0.05, 0.1) is 24.7 Å². The van der Waals surface area contributed by atoms with Crippen molar-refractivity contribution in [2.24, 2.45) is 0 Å². The molecule has 1 aliphatic heterocycles. The average Bonchev–Trinajstić information content (AvgIpc) is 3.62. The lowest BCUT2D eigenvalue weighted by Crippen LogP contribution is -2.30. The van der Waals surface area contributed by atoms with E-state index >= 15 is 0 Å². The summed E-state index contributed by atoms with van der Waals surface area (Å²) in [5.74, 6) is 0.726. The summed E-state index contributed by atoms with van der Waals surface area (Å²) in [6, 6.07) is 17.2. The van der Waals surface area contributed by atoms with E-state index in [2.05, 4.69) is 15.3 Å². The summed E-state index contributed by atoms with van der Waals surface area (Å²) < 4.78 is 11.5. The van der Waals surface area contributed by atoms with Crippen LogP contribution in [0.1, 0.15) is 52.6 Å². The number of benzene rings is 3. The number of ether oxygens (including phenoxy) is 2. The maximum atomic E-state index is 13.9. The number of anilines is 2. The van der Waals surface area contributed by atoms with Crippen LogP contribution in [0.4, 0.5) is 11.4 Å². The molecule has 0 fully saturated rings. The number of aromatic hydroxyl groups is 1. The molecule has 2 aromatic heterocycles. The van der Waals surface area contributed by atoms with Gasteiger partial charge in [-0.2, -0.15) is 0 Å². The second-order valence-corrected chi connectivity index (χ2v) is 11.9. The Bertz CT molecular complexity index is 1920. The number of carbonyl (C=O) groups excluding carboxylic acids is 2. The molecule has 10 nitrogen and oxygen atoms in total. The summed E-state index contributed by atoms with van der Waals surface area (Å²) in [4.78, 5) is 35.9. The van der Waals surface area contributed by atoms with E-state index in [0.717, 1.165) is 10.9 Å². The largest absolute Gasteiger partial charge is 0.507 e. The van der Waals surface area contributed by atoms with Crippen LogP contribution in [0.25, 0.3) is 21.8 Å². The lowest BCUT2D eigenvalue weighted by atomic mass is 9.94. The Morgan fingerprint density at radius 3 is 2.64 bits per heavy atom. The van der Waals surface area contributed by atoms with Crippen LogP contribution >= 0.6 is 11.6 Å². The van der Waals surface area contributed by atoms with Crippen LogP contribution in [0.3, 0.4) is 0 Å².